The number of amides is 1. The van der Waals surface area contributed by atoms with Crippen molar-refractivity contribution in [3.63, 3.8) is 0 Å². The van der Waals surface area contributed by atoms with Gasteiger partial charge < -0.3 is 25.0 Å². The highest BCUT2D eigenvalue weighted by Gasteiger charge is 2.58. The van der Waals surface area contributed by atoms with E-state index in [1.807, 2.05) is 0 Å². The summed E-state index contributed by atoms with van der Waals surface area (Å²) >= 11 is 0. The number of nitrogens with one attached hydrogen (secondary N) is 1. The molecule has 1 fully saturated rings. The van der Waals surface area contributed by atoms with E-state index in [-0.39, 0.29) is 36.6 Å². The van der Waals surface area contributed by atoms with Crippen LogP contribution in [0.4, 0.5) is 8.78 Å². The molecular weight excluding hydrogens is 324 g/mol. The molecule has 0 spiro atoms. The predicted molar refractivity (Wildman–Crippen MR) is 81.4 cm³/mol. The van der Waals surface area contributed by atoms with Crippen molar-refractivity contribution in [2.24, 2.45) is 0 Å². The lowest BCUT2D eigenvalue weighted by molar-refractivity contribution is -0.191. The number of carbonyl (C=O) groups excluding carboxylic acids is 1. The van der Waals surface area contributed by atoms with Gasteiger partial charge in [0.2, 0.25) is 5.75 Å². The Morgan fingerprint density at radius 2 is 1.75 bits per heavy atom. The van der Waals surface area contributed by atoms with E-state index >= 15 is 0 Å². The second-order valence-corrected chi connectivity index (χ2v) is 5.84. The van der Waals surface area contributed by atoms with Crippen molar-refractivity contribution < 1.29 is 33.3 Å². The first kappa shape index (κ1) is 18.3. The zero-order valence-electron chi connectivity index (χ0n) is 13.6. The van der Waals surface area contributed by atoms with Gasteiger partial charge in [-0.3, -0.25) is 4.79 Å². The van der Waals surface area contributed by atoms with Crippen LogP contribution in [0.15, 0.2) is 12.1 Å². The van der Waals surface area contributed by atoms with E-state index in [2.05, 4.69) is 5.32 Å². The molecule has 0 aromatic heterocycles. The molecule has 24 heavy (non-hydrogen) atoms. The number of aromatic hydroxyl groups is 1. The lowest BCUT2D eigenvalue weighted by Crippen LogP contribution is -2.55. The standard InChI is InChI=1S/C16H21F2NO5/c1-23-11-7-10(8-12(24-2)13(11)20)9-19-14(21)16(17,18)15(22)5-3-4-6-15/h7-8,20,22H,3-6,9H2,1-2H3,(H,19,21). The van der Waals surface area contributed by atoms with Gasteiger partial charge in [-0.1, -0.05) is 12.8 Å². The number of phenolic OH excluding ortho intramolecular Hbond substituents is 1. The lowest BCUT2D eigenvalue weighted by Gasteiger charge is -2.30. The molecule has 0 saturated heterocycles. The summed E-state index contributed by atoms with van der Waals surface area (Å²) in [7, 11) is 2.67. The van der Waals surface area contributed by atoms with E-state index in [4.69, 9.17) is 9.47 Å². The number of carbonyl (C=O) groups is 1. The Balaban J connectivity index is 2.11. The van der Waals surface area contributed by atoms with E-state index < -0.39 is 17.4 Å². The van der Waals surface area contributed by atoms with Crippen molar-refractivity contribution >= 4 is 5.91 Å². The van der Waals surface area contributed by atoms with Gasteiger partial charge in [0.15, 0.2) is 11.5 Å². The Labute approximate surface area is 138 Å². The highest BCUT2D eigenvalue weighted by molar-refractivity contribution is 5.85. The van der Waals surface area contributed by atoms with Crippen LogP contribution < -0.4 is 14.8 Å². The van der Waals surface area contributed by atoms with Gasteiger partial charge in [0.05, 0.1) is 14.2 Å². The van der Waals surface area contributed by atoms with Gasteiger partial charge in [-0.05, 0) is 30.5 Å². The third-order valence-electron chi connectivity index (χ3n) is 4.29. The van der Waals surface area contributed by atoms with Crippen LogP contribution in [-0.4, -0.2) is 41.9 Å². The summed E-state index contributed by atoms with van der Waals surface area (Å²) in [4.78, 5) is 11.9. The number of aliphatic hydroxyl groups is 1. The zero-order chi connectivity index (χ0) is 18.0. The number of halogens is 2. The number of phenols is 1. The first-order chi connectivity index (χ1) is 11.2. The minimum absolute atomic E-state index is 0.0970. The van der Waals surface area contributed by atoms with Crippen LogP contribution >= 0.6 is 0 Å². The van der Waals surface area contributed by atoms with E-state index in [0.717, 1.165) is 0 Å². The number of rotatable bonds is 6. The first-order valence-corrected chi connectivity index (χ1v) is 7.57. The molecule has 0 radical (unpaired) electrons. The summed E-state index contributed by atoms with van der Waals surface area (Å²) < 4.78 is 38.4. The van der Waals surface area contributed by atoms with E-state index in [9.17, 15) is 23.8 Å². The largest absolute Gasteiger partial charge is 0.502 e. The average molecular weight is 345 g/mol. The third-order valence-corrected chi connectivity index (χ3v) is 4.29. The molecule has 1 aromatic carbocycles. The molecule has 0 atom stereocenters. The Kier molecular flexibility index (Phi) is 5.17. The van der Waals surface area contributed by atoms with Crippen LogP contribution in [0.25, 0.3) is 0 Å². The maximum Gasteiger partial charge on any atom is 0.352 e. The van der Waals surface area contributed by atoms with Gasteiger partial charge in [0.25, 0.3) is 5.91 Å². The van der Waals surface area contributed by atoms with Crippen molar-refractivity contribution in [3.8, 4) is 17.2 Å². The molecular formula is C16H21F2NO5. The highest BCUT2D eigenvalue weighted by atomic mass is 19.3. The summed E-state index contributed by atoms with van der Waals surface area (Å²) in [6.45, 7) is -0.225. The molecule has 0 heterocycles. The second-order valence-electron chi connectivity index (χ2n) is 5.84. The van der Waals surface area contributed by atoms with E-state index in [0.29, 0.717) is 18.4 Å². The molecule has 3 N–H and O–H groups in total. The average Bonchev–Trinajstić information content (AvgIpc) is 3.01. The molecule has 2 rings (SSSR count). The molecule has 0 unspecified atom stereocenters. The van der Waals surface area contributed by atoms with Crippen molar-refractivity contribution in [2.45, 2.75) is 43.8 Å². The summed E-state index contributed by atoms with van der Waals surface area (Å²) in [5.74, 6) is -5.42. The quantitative estimate of drug-likeness (QED) is 0.734. The second kappa shape index (κ2) is 6.80. The number of hydrogen-bond acceptors (Lipinski definition) is 5. The van der Waals surface area contributed by atoms with E-state index in [1.165, 1.54) is 26.4 Å². The van der Waals surface area contributed by atoms with Crippen molar-refractivity contribution in [2.75, 3.05) is 14.2 Å². The molecule has 0 aliphatic heterocycles. The molecule has 1 aliphatic carbocycles. The molecule has 1 saturated carbocycles. The molecule has 8 heteroatoms. The van der Waals surface area contributed by atoms with Crippen molar-refractivity contribution in [1.29, 1.82) is 0 Å². The van der Waals surface area contributed by atoms with Gasteiger partial charge in [-0.2, -0.15) is 8.78 Å². The number of hydrogen-bond donors (Lipinski definition) is 3. The molecule has 6 nitrogen and oxygen atoms in total. The van der Waals surface area contributed by atoms with Gasteiger partial charge in [0, 0.05) is 6.54 Å². The fraction of sp³-hybridized carbons (Fsp3) is 0.562. The first-order valence-electron chi connectivity index (χ1n) is 7.57. The molecule has 1 aliphatic rings. The van der Waals surface area contributed by atoms with E-state index in [1.54, 1.807) is 0 Å². The summed E-state index contributed by atoms with van der Waals surface area (Å²) in [6.07, 6.45) is 0.722. The fourth-order valence-electron chi connectivity index (χ4n) is 2.83. The Hall–Kier alpha value is -2.09. The smallest absolute Gasteiger partial charge is 0.352 e. The summed E-state index contributed by atoms with van der Waals surface area (Å²) in [5, 5.41) is 21.9. The van der Waals surface area contributed by atoms with Gasteiger partial charge in [-0.15, -0.1) is 0 Å². The highest BCUT2D eigenvalue weighted by Crippen LogP contribution is 2.42. The number of benzene rings is 1. The van der Waals surface area contributed by atoms with Crippen LogP contribution in [-0.2, 0) is 11.3 Å². The van der Waals surface area contributed by atoms with Crippen LogP contribution in [0.2, 0.25) is 0 Å². The topological polar surface area (TPSA) is 88.0 Å². The fourth-order valence-corrected chi connectivity index (χ4v) is 2.83. The SMILES string of the molecule is COc1cc(CNC(=O)C(F)(F)C2(O)CCCC2)cc(OC)c1O. The molecule has 0 bridgehead atoms. The molecule has 1 amide bonds. The predicted octanol–water partition coefficient (Wildman–Crippen LogP) is 1.97. The third kappa shape index (κ3) is 3.24. The maximum atomic E-state index is 14.2. The minimum Gasteiger partial charge on any atom is -0.502 e. The van der Waals surface area contributed by atoms with Gasteiger partial charge >= 0.3 is 5.92 Å². The van der Waals surface area contributed by atoms with Crippen LogP contribution in [0.5, 0.6) is 17.2 Å². The van der Waals surface area contributed by atoms with Crippen LogP contribution in [0.3, 0.4) is 0 Å². The Morgan fingerprint density at radius 1 is 1.25 bits per heavy atom. The Bertz CT molecular complexity index is 589. The van der Waals surface area contributed by atoms with Crippen molar-refractivity contribution in [1.82, 2.24) is 5.32 Å². The number of ether oxygens (including phenoxy) is 2. The Morgan fingerprint density at radius 3 is 2.21 bits per heavy atom. The summed E-state index contributed by atoms with van der Waals surface area (Å²) in [6, 6.07) is 2.81. The van der Waals surface area contributed by atoms with Gasteiger partial charge in [0.1, 0.15) is 5.60 Å². The normalized spacial score (nSPS) is 16.7. The monoisotopic (exact) mass is 345 g/mol. The molecule has 134 valence electrons. The van der Waals surface area contributed by atoms with Crippen molar-refractivity contribution in [3.05, 3.63) is 17.7 Å². The van der Waals surface area contributed by atoms with Gasteiger partial charge in [-0.25, -0.2) is 0 Å². The number of alkyl halides is 2. The lowest BCUT2D eigenvalue weighted by atomic mass is 9.93. The minimum atomic E-state index is -3.87. The maximum absolute atomic E-state index is 14.2. The zero-order valence-corrected chi connectivity index (χ0v) is 13.6. The number of methoxy groups -OCH3 is 2. The van der Waals surface area contributed by atoms with Crippen LogP contribution in [0, 0.1) is 0 Å². The molecule has 1 aromatic rings. The van der Waals surface area contributed by atoms with Crippen LogP contribution in [0.1, 0.15) is 31.2 Å². The summed E-state index contributed by atoms with van der Waals surface area (Å²) in [5.41, 5.74) is -1.88.